The van der Waals surface area contributed by atoms with Crippen molar-refractivity contribution in [1.82, 2.24) is 19.7 Å². The van der Waals surface area contributed by atoms with Crippen LogP contribution in [0.4, 0.5) is 4.39 Å². The summed E-state index contributed by atoms with van der Waals surface area (Å²) in [6, 6.07) is 19.4. The molecular weight excluding hydrogens is 487 g/mol. The van der Waals surface area contributed by atoms with E-state index < -0.39 is 0 Å². The van der Waals surface area contributed by atoms with Gasteiger partial charge in [-0.05, 0) is 79.1 Å². The zero-order valence-corrected chi connectivity index (χ0v) is 22.3. The molecule has 3 heterocycles. The van der Waals surface area contributed by atoms with Gasteiger partial charge in [0.2, 0.25) is 0 Å². The van der Waals surface area contributed by atoms with Crippen LogP contribution >= 0.6 is 0 Å². The number of nitrogens with zero attached hydrogens (tertiary/aromatic N) is 4. The van der Waals surface area contributed by atoms with Crippen LogP contribution in [0.5, 0.6) is 0 Å². The van der Waals surface area contributed by atoms with E-state index in [0.29, 0.717) is 11.8 Å². The number of halogens is 1. The number of benzene rings is 2. The Morgan fingerprint density at radius 3 is 2.67 bits per heavy atom. The van der Waals surface area contributed by atoms with Gasteiger partial charge in [0, 0.05) is 40.5 Å². The first-order chi connectivity index (χ1) is 19.1. The van der Waals surface area contributed by atoms with Crippen molar-refractivity contribution in [2.24, 2.45) is 5.92 Å². The smallest absolute Gasteiger partial charge is 0.145 e. The van der Waals surface area contributed by atoms with Gasteiger partial charge in [-0.15, -0.1) is 0 Å². The minimum atomic E-state index is -0.249. The topological polar surface area (TPSA) is 56.7 Å². The van der Waals surface area contributed by atoms with Crippen LogP contribution in [0, 0.1) is 11.7 Å². The molecule has 39 heavy (non-hydrogen) atoms. The predicted octanol–water partition coefficient (Wildman–Crippen LogP) is 7.69. The van der Waals surface area contributed by atoms with E-state index in [1.165, 1.54) is 17.3 Å². The molecule has 2 aliphatic carbocycles. The molecule has 3 aromatic heterocycles. The maximum absolute atomic E-state index is 14.6. The number of aromatic nitrogens is 4. The highest BCUT2D eigenvalue weighted by atomic mass is 19.1. The van der Waals surface area contributed by atoms with E-state index in [2.05, 4.69) is 52.8 Å². The van der Waals surface area contributed by atoms with Gasteiger partial charge in [-0.25, -0.2) is 9.37 Å². The van der Waals surface area contributed by atoms with Crippen molar-refractivity contribution in [3.05, 3.63) is 108 Å². The molecule has 0 aliphatic heterocycles. The minimum absolute atomic E-state index is 0.165. The highest BCUT2D eigenvalue weighted by Crippen LogP contribution is 2.55. The standard InChI is InChI=1S/C33H31FN4O/c1-3-6-27-28-11-12-29-31(33(28,2)19-24-20-36-39-30(24)27)37-32(38(29)26-10-5-9-25(34)18-26)23-8-4-7-22(17-23)21-13-15-35-16-14-21/h4-5,7-10,13-18,20,27-28H,3,6,11-12,19H2,1-2H3/t27-,28-,33-/m1/s1. The maximum atomic E-state index is 14.6. The Bertz CT molecular complexity index is 1660. The highest BCUT2D eigenvalue weighted by molar-refractivity contribution is 5.71. The summed E-state index contributed by atoms with van der Waals surface area (Å²) in [5, 5.41) is 4.20. The molecule has 0 radical (unpaired) electrons. The molecule has 2 aliphatic rings. The van der Waals surface area contributed by atoms with Crippen LogP contribution in [-0.2, 0) is 18.3 Å². The number of pyridine rings is 1. The third-order valence-electron chi connectivity index (χ3n) is 8.88. The van der Waals surface area contributed by atoms with Gasteiger partial charge in [0.15, 0.2) is 0 Å². The molecule has 6 heteroatoms. The zero-order chi connectivity index (χ0) is 26.6. The van der Waals surface area contributed by atoms with Gasteiger partial charge < -0.3 is 4.52 Å². The summed E-state index contributed by atoms with van der Waals surface area (Å²) in [5.74, 6) is 2.42. The van der Waals surface area contributed by atoms with E-state index in [4.69, 9.17) is 9.51 Å². The number of hydrogen-bond acceptors (Lipinski definition) is 4. The van der Waals surface area contributed by atoms with Gasteiger partial charge >= 0.3 is 0 Å². The molecule has 3 atom stereocenters. The summed E-state index contributed by atoms with van der Waals surface area (Å²) in [4.78, 5) is 9.62. The molecule has 196 valence electrons. The van der Waals surface area contributed by atoms with Crippen LogP contribution < -0.4 is 0 Å². The van der Waals surface area contributed by atoms with E-state index in [-0.39, 0.29) is 11.2 Å². The lowest BCUT2D eigenvalue weighted by Gasteiger charge is -2.47. The molecule has 0 spiro atoms. The summed E-state index contributed by atoms with van der Waals surface area (Å²) < 4.78 is 22.6. The Balaban J connectivity index is 1.44. The Morgan fingerprint density at radius 1 is 1.03 bits per heavy atom. The fraction of sp³-hybridized carbons (Fsp3) is 0.303. The second kappa shape index (κ2) is 9.30. The second-order valence-electron chi connectivity index (χ2n) is 11.2. The van der Waals surface area contributed by atoms with E-state index in [1.807, 2.05) is 36.8 Å². The first-order valence-electron chi connectivity index (χ1n) is 13.9. The molecule has 0 amide bonds. The SMILES string of the molecule is CCC[C@H]1c2oncc2C[C@@]2(C)c3nc(-c4cccc(-c5ccncc5)c4)n(-c4cccc(F)c4)c3CC[C@H]12. The third kappa shape index (κ3) is 3.84. The molecule has 0 saturated carbocycles. The van der Waals surface area contributed by atoms with Crippen LogP contribution in [0.1, 0.15) is 61.7 Å². The third-order valence-corrected chi connectivity index (χ3v) is 8.88. The van der Waals surface area contributed by atoms with Crippen molar-refractivity contribution in [1.29, 1.82) is 0 Å². The molecule has 0 N–H and O–H groups in total. The number of hydrogen-bond donors (Lipinski definition) is 0. The first-order valence-corrected chi connectivity index (χ1v) is 13.9. The van der Waals surface area contributed by atoms with E-state index in [9.17, 15) is 4.39 Å². The van der Waals surface area contributed by atoms with Crippen molar-refractivity contribution in [2.75, 3.05) is 0 Å². The Kier molecular flexibility index (Phi) is 5.72. The van der Waals surface area contributed by atoms with Crippen LogP contribution in [0.15, 0.2) is 83.8 Å². The maximum Gasteiger partial charge on any atom is 0.145 e. The number of fused-ring (bicyclic) bond motifs is 4. The minimum Gasteiger partial charge on any atom is -0.361 e. The van der Waals surface area contributed by atoms with Crippen molar-refractivity contribution in [3.8, 4) is 28.2 Å². The van der Waals surface area contributed by atoms with E-state index in [0.717, 1.165) is 71.8 Å². The Hall–Kier alpha value is -4.06. The number of rotatable bonds is 5. The molecule has 0 saturated heterocycles. The Labute approximate surface area is 227 Å². The average Bonchev–Trinajstić information content (AvgIpc) is 3.59. The molecule has 7 rings (SSSR count). The summed E-state index contributed by atoms with van der Waals surface area (Å²) in [5.41, 5.74) is 7.35. The van der Waals surface area contributed by atoms with E-state index >= 15 is 0 Å². The van der Waals surface area contributed by atoms with Crippen molar-refractivity contribution in [2.45, 2.75) is 57.3 Å². The largest absolute Gasteiger partial charge is 0.361 e. The van der Waals surface area contributed by atoms with Gasteiger partial charge in [0.05, 0.1) is 17.6 Å². The summed E-state index contributed by atoms with van der Waals surface area (Å²) in [6.07, 6.45) is 10.4. The average molecular weight is 519 g/mol. The molecular formula is C33H31FN4O. The molecule has 5 nitrogen and oxygen atoms in total. The van der Waals surface area contributed by atoms with Crippen molar-refractivity contribution in [3.63, 3.8) is 0 Å². The molecule has 0 bridgehead atoms. The van der Waals surface area contributed by atoms with Gasteiger partial charge in [-0.2, -0.15) is 0 Å². The second-order valence-corrected chi connectivity index (χ2v) is 11.2. The normalized spacial score (nSPS) is 21.7. The lowest BCUT2D eigenvalue weighted by atomic mass is 9.56. The van der Waals surface area contributed by atoms with Crippen molar-refractivity contribution < 1.29 is 8.91 Å². The first kappa shape index (κ1) is 24.0. The van der Waals surface area contributed by atoms with Crippen LogP contribution in [0.3, 0.4) is 0 Å². The number of imidazole rings is 1. The highest BCUT2D eigenvalue weighted by Gasteiger charge is 2.52. The fourth-order valence-electron chi connectivity index (χ4n) is 7.19. The predicted molar refractivity (Wildman–Crippen MR) is 149 cm³/mol. The Morgan fingerprint density at radius 2 is 1.85 bits per heavy atom. The summed E-state index contributed by atoms with van der Waals surface area (Å²) in [6.45, 7) is 4.61. The molecule has 2 aromatic carbocycles. The summed E-state index contributed by atoms with van der Waals surface area (Å²) >= 11 is 0. The zero-order valence-electron chi connectivity index (χ0n) is 22.3. The molecule has 5 aromatic rings. The van der Waals surface area contributed by atoms with Crippen molar-refractivity contribution >= 4 is 0 Å². The van der Waals surface area contributed by atoms with Gasteiger partial charge in [0.25, 0.3) is 0 Å². The van der Waals surface area contributed by atoms with Crippen LogP contribution in [0.25, 0.3) is 28.2 Å². The monoisotopic (exact) mass is 518 g/mol. The van der Waals surface area contributed by atoms with E-state index in [1.54, 1.807) is 12.1 Å². The lowest BCUT2D eigenvalue weighted by molar-refractivity contribution is 0.156. The quantitative estimate of drug-likeness (QED) is 0.239. The molecule has 0 fully saturated rings. The van der Waals surface area contributed by atoms with Crippen LogP contribution in [0.2, 0.25) is 0 Å². The van der Waals surface area contributed by atoms with Gasteiger partial charge in [0.1, 0.15) is 17.4 Å². The molecule has 0 unspecified atom stereocenters. The summed E-state index contributed by atoms with van der Waals surface area (Å²) in [7, 11) is 0. The van der Waals surface area contributed by atoms with Gasteiger partial charge in [-0.1, -0.05) is 49.7 Å². The van der Waals surface area contributed by atoms with Gasteiger partial charge in [-0.3, -0.25) is 9.55 Å². The lowest BCUT2D eigenvalue weighted by Crippen LogP contribution is -2.45. The fourth-order valence-corrected chi connectivity index (χ4v) is 7.19. The van der Waals surface area contributed by atoms with Crippen LogP contribution in [-0.4, -0.2) is 19.7 Å².